The van der Waals surface area contributed by atoms with E-state index >= 15 is 0 Å². The Balaban J connectivity index is 4.15. The fourth-order valence-electron chi connectivity index (χ4n) is 7.07. The molecule has 0 saturated heterocycles. The van der Waals surface area contributed by atoms with Crippen molar-refractivity contribution in [1.82, 2.24) is 0 Å². The van der Waals surface area contributed by atoms with Crippen molar-refractivity contribution < 1.29 is 37.3 Å². The van der Waals surface area contributed by atoms with Gasteiger partial charge in [-0.05, 0) is 89.9 Å². The molecule has 0 heterocycles. The lowest BCUT2D eigenvalue weighted by atomic mass is 10.0. The minimum atomic E-state index is -4.29. The van der Waals surface area contributed by atoms with Crippen molar-refractivity contribution in [2.24, 2.45) is 0 Å². The fraction of sp³-hybridized carbons (Fsp3) is 0.707. The topological polar surface area (TPSA) is 91.3 Å². The molecule has 0 bridgehead atoms. The highest BCUT2D eigenvalue weighted by molar-refractivity contribution is 7.47. The van der Waals surface area contributed by atoms with E-state index in [1.165, 1.54) is 103 Å². The van der Waals surface area contributed by atoms with E-state index in [0.29, 0.717) is 24.1 Å². The third-order valence-electron chi connectivity index (χ3n) is 11.1. The molecule has 0 amide bonds. The lowest BCUT2D eigenvalue weighted by molar-refractivity contribution is -0.870. The molecule has 0 aromatic rings. The van der Waals surface area contributed by atoms with Crippen molar-refractivity contribution in [1.29, 1.82) is 0 Å². The number of rotatable bonds is 49. The zero-order valence-corrected chi connectivity index (χ0v) is 44.7. The molecule has 2 unspecified atom stereocenters. The normalized spacial score (nSPS) is 14.3. The summed E-state index contributed by atoms with van der Waals surface area (Å²) in [6.07, 6.45) is 68.8. The molecule has 0 rings (SSSR count). The molecule has 0 fully saturated rings. The molecular weight excluding hydrogens is 854 g/mol. The van der Waals surface area contributed by atoms with Crippen LogP contribution >= 0.6 is 7.82 Å². The third kappa shape index (κ3) is 54.2. The van der Waals surface area contributed by atoms with Crippen molar-refractivity contribution in [3.63, 3.8) is 0 Å². The number of hydrogen-bond acceptors (Lipinski definition) is 6. The van der Waals surface area contributed by atoms with Gasteiger partial charge in [0, 0.05) is 13.0 Å². The summed E-state index contributed by atoms with van der Waals surface area (Å²) in [7, 11) is 1.65. The number of allylic oxidation sites excluding steroid dienone is 16. The zero-order chi connectivity index (χ0) is 49.0. The Hall–Kier alpha value is -2.58. The first kappa shape index (κ1) is 64.4. The molecule has 0 aromatic carbocycles. The van der Waals surface area contributed by atoms with Crippen LogP contribution in [0.4, 0.5) is 0 Å². The molecule has 386 valence electrons. The molecule has 67 heavy (non-hydrogen) atoms. The SMILES string of the molecule is CC/C=C\C/C=C\C/C=C\C/C=C\CCCCCCCCCCCCC(=O)OC(COCCCCCCCCCCC/C=C\C/C=C\C/C=C\C/C=C\CC)COP(=O)(O)OCC[N+](C)(C)C. The minimum absolute atomic E-state index is 0.0815. The monoisotopic (exact) mass is 957 g/mol. The third-order valence-corrected chi connectivity index (χ3v) is 12.1. The summed E-state index contributed by atoms with van der Waals surface area (Å²) in [5, 5.41) is 0. The summed E-state index contributed by atoms with van der Waals surface area (Å²) in [5.74, 6) is -0.323. The van der Waals surface area contributed by atoms with Crippen LogP contribution in [0.1, 0.15) is 206 Å². The number of esters is 1. The van der Waals surface area contributed by atoms with Crippen LogP contribution in [-0.4, -0.2) is 75.6 Å². The first-order chi connectivity index (χ1) is 32.6. The number of carbonyl (C=O) groups excluding carboxylic acids is 1. The van der Waals surface area contributed by atoms with E-state index < -0.39 is 13.9 Å². The van der Waals surface area contributed by atoms with Gasteiger partial charge in [0.05, 0.1) is 34.4 Å². The van der Waals surface area contributed by atoms with Crippen LogP contribution in [0, 0.1) is 0 Å². The fourth-order valence-corrected chi connectivity index (χ4v) is 7.81. The van der Waals surface area contributed by atoms with Crippen molar-refractivity contribution in [3.8, 4) is 0 Å². The van der Waals surface area contributed by atoms with E-state index in [0.717, 1.165) is 83.5 Å². The first-order valence-corrected chi connectivity index (χ1v) is 28.5. The second-order valence-corrected chi connectivity index (χ2v) is 20.3. The van der Waals surface area contributed by atoms with Crippen LogP contribution < -0.4 is 0 Å². The average Bonchev–Trinajstić information content (AvgIpc) is 3.29. The second-order valence-electron chi connectivity index (χ2n) is 18.8. The van der Waals surface area contributed by atoms with E-state index in [2.05, 4.69) is 111 Å². The summed E-state index contributed by atoms with van der Waals surface area (Å²) in [6.45, 7) is 5.38. The Morgan fingerprint density at radius 2 is 0.821 bits per heavy atom. The number of ether oxygens (including phenoxy) is 2. The molecule has 2 atom stereocenters. The van der Waals surface area contributed by atoms with Crippen LogP contribution in [0.5, 0.6) is 0 Å². The van der Waals surface area contributed by atoms with Gasteiger partial charge in [-0.1, -0.05) is 207 Å². The zero-order valence-electron chi connectivity index (χ0n) is 43.9. The second kappa shape index (κ2) is 49.8. The smallest absolute Gasteiger partial charge is 0.457 e. The van der Waals surface area contributed by atoms with Crippen molar-refractivity contribution >= 4 is 13.8 Å². The van der Waals surface area contributed by atoms with Gasteiger partial charge >= 0.3 is 13.8 Å². The highest BCUT2D eigenvalue weighted by atomic mass is 31.2. The van der Waals surface area contributed by atoms with Crippen LogP contribution in [0.2, 0.25) is 0 Å². The molecule has 0 aliphatic rings. The Morgan fingerprint density at radius 1 is 0.463 bits per heavy atom. The summed E-state index contributed by atoms with van der Waals surface area (Å²) in [5.41, 5.74) is 0. The number of quaternary nitrogens is 1. The summed E-state index contributed by atoms with van der Waals surface area (Å²) < 4.78 is 35.2. The highest BCUT2D eigenvalue weighted by Gasteiger charge is 2.26. The van der Waals surface area contributed by atoms with E-state index in [9.17, 15) is 14.3 Å². The Kier molecular flexibility index (Phi) is 47.9. The number of unbranched alkanes of at least 4 members (excludes halogenated alkanes) is 19. The summed E-state index contributed by atoms with van der Waals surface area (Å²) in [4.78, 5) is 23.1. The quantitative estimate of drug-likeness (QED) is 0.0213. The van der Waals surface area contributed by atoms with Crippen LogP contribution in [0.15, 0.2) is 97.2 Å². The summed E-state index contributed by atoms with van der Waals surface area (Å²) >= 11 is 0. The molecule has 0 radical (unpaired) electrons. The van der Waals surface area contributed by atoms with Gasteiger partial charge in [-0.3, -0.25) is 13.8 Å². The maximum atomic E-state index is 12.8. The van der Waals surface area contributed by atoms with Gasteiger partial charge in [0.2, 0.25) is 0 Å². The van der Waals surface area contributed by atoms with Gasteiger partial charge < -0.3 is 18.9 Å². The number of nitrogens with zero attached hydrogens (tertiary/aromatic N) is 1. The number of phosphoric acid groups is 1. The maximum absolute atomic E-state index is 12.8. The van der Waals surface area contributed by atoms with E-state index in [1.807, 2.05) is 21.1 Å². The molecular formula is C58H103NO7P+. The van der Waals surface area contributed by atoms with Gasteiger partial charge in [0.15, 0.2) is 0 Å². The standard InChI is InChI=1S/C58H102NO7P/c1-6-8-10-12-14-16-18-20-22-24-26-28-30-31-33-35-37-39-41-43-45-47-49-51-58(60)66-57(56-65-67(61,62)64-54-52-59(3,4)5)55-63-53-50-48-46-44-42-40-38-36-34-32-29-27-25-23-21-19-17-15-13-11-9-7-2/h8-11,14-17,20-23,26-29,57H,6-7,12-13,18-19,24-25,30-56H2,1-5H3/p+1/b10-8-,11-9-,16-14-,17-15-,22-20-,23-21-,28-26-,29-27-. The van der Waals surface area contributed by atoms with Crippen molar-refractivity contribution in [2.45, 2.75) is 213 Å². The van der Waals surface area contributed by atoms with Gasteiger partial charge in [-0.2, -0.15) is 0 Å². The lowest BCUT2D eigenvalue weighted by Gasteiger charge is -2.24. The van der Waals surface area contributed by atoms with Crippen molar-refractivity contribution in [3.05, 3.63) is 97.2 Å². The predicted molar refractivity (Wildman–Crippen MR) is 288 cm³/mol. The van der Waals surface area contributed by atoms with Gasteiger partial charge in [0.1, 0.15) is 19.3 Å². The van der Waals surface area contributed by atoms with E-state index in [4.69, 9.17) is 18.5 Å². The minimum Gasteiger partial charge on any atom is -0.457 e. The number of likely N-dealkylation sites (N-methyl/N-ethyl adjacent to an activating group) is 1. The Bertz CT molecular complexity index is 1390. The summed E-state index contributed by atoms with van der Waals surface area (Å²) in [6, 6.07) is 0. The molecule has 0 aliphatic carbocycles. The van der Waals surface area contributed by atoms with Crippen LogP contribution in [-0.2, 0) is 27.9 Å². The molecule has 0 aromatic heterocycles. The van der Waals surface area contributed by atoms with Gasteiger partial charge in [0.25, 0.3) is 0 Å². The van der Waals surface area contributed by atoms with E-state index in [-0.39, 0.29) is 25.8 Å². The molecule has 1 N–H and O–H groups in total. The molecule has 8 nitrogen and oxygen atoms in total. The number of carbonyl (C=O) groups is 1. The molecule has 0 saturated carbocycles. The van der Waals surface area contributed by atoms with Crippen LogP contribution in [0.25, 0.3) is 0 Å². The van der Waals surface area contributed by atoms with E-state index in [1.54, 1.807) is 0 Å². The highest BCUT2D eigenvalue weighted by Crippen LogP contribution is 2.43. The predicted octanol–water partition coefficient (Wildman–Crippen LogP) is 16.9. The maximum Gasteiger partial charge on any atom is 0.472 e. The molecule has 9 heteroatoms. The Morgan fingerprint density at radius 3 is 1.22 bits per heavy atom. The largest absolute Gasteiger partial charge is 0.472 e. The Labute approximate surface area is 413 Å². The average molecular weight is 957 g/mol. The van der Waals surface area contributed by atoms with Gasteiger partial charge in [-0.25, -0.2) is 4.57 Å². The first-order valence-electron chi connectivity index (χ1n) is 27.0. The molecule has 0 aliphatic heterocycles. The van der Waals surface area contributed by atoms with Crippen molar-refractivity contribution in [2.75, 3.05) is 54.1 Å². The van der Waals surface area contributed by atoms with Gasteiger partial charge in [-0.15, -0.1) is 0 Å². The molecule has 0 spiro atoms. The lowest BCUT2D eigenvalue weighted by Crippen LogP contribution is -2.37. The number of hydrogen-bond donors (Lipinski definition) is 1. The number of phosphoric ester groups is 1. The van der Waals surface area contributed by atoms with Crippen LogP contribution in [0.3, 0.4) is 0 Å².